The van der Waals surface area contributed by atoms with Gasteiger partial charge in [-0.15, -0.1) is 0 Å². The monoisotopic (exact) mass is 353 g/mol. The molecule has 0 aliphatic heterocycles. The highest BCUT2D eigenvalue weighted by Crippen LogP contribution is 2.40. The number of carbonyl (C=O) groups is 1. The van der Waals surface area contributed by atoms with E-state index >= 15 is 0 Å². The number of aldehydes is 1. The largest absolute Gasteiger partial charge is 0.416 e. The fourth-order valence-corrected chi connectivity index (χ4v) is 2.89. The summed E-state index contributed by atoms with van der Waals surface area (Å²) in [5, 5.41) is 0.387. The second-order valence-electron chi connectivity index (χ2n) is 3.93. The highest BCUT2D eigenvalue weighted by molar-refractivity contribution is 9.10. The molecular formula is C12H8BrClF3NO. The van der Waals surface area contributed by atoms with Gasteiger partial charge in [-0.05, 0) is 35.0 Å². The highest BCUT2D eigenvalue weighted by Gasteiger charge is 2.32. The zero-order valence-electron chi connectivity index (χ0n) is 9.68. The van der Waals surface area contributed by atoms with Gasteiger partial charge in [0.2, 0.25) is 0 Å². The average molecular weight is 355 g/mol. The number of benzene rings is 1. The molecule has 0 bridgehead atoms. The quantitative estimate of drug-likeness (QED) is 0.703. The van der Waals surface area contributed by atoms with Crippen LogP contribution < -0.4 is 0 Å². The zero-order valence-corrected chi connectivity index (χ0v) is 12.0. The van der Waals surface area contributed by atoms with Crippen LogP contribution in [0, 0.1) is 0 Å². The molecule has 7 heteroatoms. The molecule has 2 rings (SSSR count). The van der Waals surface area contributed by atoms with Crippen molar-refractivity contribution in [3.8, 4) is 0 Å². The molecule has 0 N–H and O–H groups in total. The third-order valence-corrected chi connectivity index (χ3v) is 4.27. The third kappa shape index (κ3) is 2.27. The normalized spacial score (nSPS) is 12.1. The summed E-state index contributed by atoms with van der Waals surface area (Å²) < 4.78 is 40.4. The minimum Gasteiger partial charge on any atom is -0.334 e. The van der Waals surface area contributed by atoms with Crippen LogP contribution in [0.5, 0.6) is 0 Å². The first-order chi connectivity index (χ1) is 8.81. The van der Waals surface area contributed by atoms with Gasteiger partial charge in [-0.25, -0.2) is 0 Å². The molecule has 0 saturated heterocycles. The molecule has 1 aromatic carbocycles. The Morgan fingerprint density at radius 2 is 2.05 bits per heavy atom. The van der Waals surface area contributed by atoms with Crippen LogP contribution in [0.25, 0.3) is 10.9 Å². The molecule has 2 aromatic rings. The van der Waals surface area contributed by atoms with Crippen LogP contribution in [-0.4, -0.2) is 10.9 Å². The van der Waals surface area contributed by atoms with E-state index in [1.54, 1.807) is 4.57 Å². The average Bonchev–Trinajstić information content (AvgIpc) is 2.60. The Hall–Kier alpha value is -1.01. The van der Waals surface area contributed by atoms with Gasteiger partial charge in [0.25, 0.3) is 0 Å². The van der Waals surface area contributed by atoms with Crippen LogP contribution in [0.15, 0.2) is 16.7 Å². The molecule has 0 amide bonds. The molecule has 102 valence electrons. The SMILES string of the molecule is CCn1c(Br)c(Cl)c2cc(C(F)(F)F)cc(C=O)c21. The van der Waals surface area contributed by atoms with Crippen LogP contribution in [0.2, 0.25) is 5.02 Å². The van der Waals surface area contributed by atoms with Crippen molar-refractivity contribution in [3.05, 3.63) is 32.9 Å². The van der Waals surface area contributed by atoms with E-state index in [2.05, 4.69) is 15.9 Å². The van der Waals surface area contributed by atoms with E-state index in [0.717, 1.165) is 12.1 Å². The summed E-state index contributed by atoms with van der Waals surface area (Å²) in [6, 6.07) is 1.80. The minimum atomic E-state index is -4.52. The maximum atomic E-state index is 12.8. The number of hydrogen-bond donors (Lipinski definition) is 0. The van der Waals surface area contributed by atoms with Crippen molar-refractivity contribution in [1.29, 1.82) is 0 Å². The number of hydrogen-bond acceptors (Lipinski definition) is 1. The van der Waals surface area contributed by atoms with Crippen LogP contribution in [0.1, 0.15) is 22.8 Å². The van der Waals surface area contributed by atoms with Gasteiger partial charge in [-0.1, -0.05) is 11.6 Å². The molecule has 0 aliphatic carbocycles. The van der Waals surface area contributed by atoms with E-state index in [0.29, 0.717) is 23.0 Å². The first-order valence-corrected chi connectivity index (χ1v) is 6.52. The maximum Gasteiger partial charge on any atom is 0.416 e. The smallest absolute Gasteiger partial charge is 0.334 e. The third-order valence-electron chi connectivity index (χ3n) is 2.83. The van der Waals surface area contributed by atoms with Gasteiger partial charge in [-0.3, -0.25) is 4.79 Å². The first kappa shape index (κ1) is 14.4. The first-order valence-electron chi connectivity index (χ1n) is 5.34. The number of alkyl halides is 3. The fourth-order valence-electron chi connectivity index (χ4n) is 2.00. The Balaban J connectivity index is 2.93. The van der Waals surface area contributed by atoms with Crippen LogP contribution >= 0.6 is 27.5 Å². The summed E-state index contributed by atoms with van der Waals surface area (Å²) in [4.78, 5) is 11.0. The Bertz CT molecular complexity index is 663. The molecule has 0 unspecified atom stereocenters. The van der Waals surface area contributed by atoms with Gasteiger partial charge in [-0.2, -0.15) is 13.2 Å². The molecule has 0 spiro atoms. The van der Waals surface area contributed by atoms with Crippen molar-refractivity contribution in [2.45, 2.75) is 19.6 Å². The summed E-state index contributed by atoms with van der Waals surface area (Å²) in [6.07, 6.45) is -4.11. The van der Waals surface area contributed by atoms with Crippen molar-refractivity contribution in [1.82, 2.24) is 4.57 Å². The number of rotatable bonds is 2. The molecule has 0 saturated carbocycles. The highest BCUT2D eigenvalue weighted by atomic mass is 79.9. The Morgan fingerprint density at radius 1 is 1.42 bits per heavy atom. The summed E-state index contributed by atoms with van der Waals surface area (Å²) in [7, 11) is 0. The topological polar surface area (TPSA) is 22.0 Å². The summed E-state index contributed by atoms with van der Waals surface area (Å²) >= 11 is 9.25. The predicted molar refractivity (Wildman–Crippen MR) is 70.7 cm³/mol. The van der Waals surface area contributed by atoms with E-state index in [9.17, 15) is 18.0 Å². The Labute approximate surface area is 120 Å². The van der Waals surface area contributed by atoms with E-state index in [-0.39, 0.29) is 16.0 Å². The molecule has 1 heterocycles. The molecule has 0 aliphatic rings. The number of nitrogens with zero attached hydrogens (tertiary/aromatic N) is 1. The van der Waals surface area contributed by atoms with Gasteiger partial charge in [0, 0.05) is 17.5 Å². The van der Waals surface area contributed by atoms with Crippen molar-refractivity contribution < 1.29 is 18.0 Å². The van der Waals surface area contributed by atoms with Gasteiger partial charge >= 0.3 is 6.18 Å². The molecule has 2 nitrogen and oxygen atoms in total. The lowest BCUT2D eigenvalue weighted by Gasteiger charge is -2.10. The van der Waals surface area contributed by atoms with E-state index in [1.165, 1.54) is 0 Å². The van der Waals surface area contributed by atoms with Gasteiger partial charge in [0.05, 0.1) is 16.1 Å². The summed E-state index contributed by atoms with van der Waals surface area (Å²) in [5.41, 5.74) is -0.508. The minimum absolute atomic E-state index is 0.0284. The Morgan fingerprint density at radius 3 is 2.53 bits per heavy atom. The number of aryl methyl sites for hydroxylation is 1. The number of carbonyl (C=O) groups excluding carboxylic acids is 1. The molecule has 1 aromatic heterocycles. The van der Waals surface area contributed by atoms with Gasteiger partial charge in [0.1, 0.15) is 4.60 Å². The van der Waals surface area contributed by atoms with Crippen LogP contribution in [0.4, 0.5) is 13.2 Å². The summed E-state index contributed by atoms with van der Waals surface area (Å²) in [5.74, 6) is 0. The molecule has 0 fully saturated rings. The molecule has 19 heavy (non-hydrogen) atoms. The number of fused-ring (bicyclic) bond motifs is 1. The predicted octanol–water partition coefficient (Wildman–Crippen LogP) is 4.91. The number of halogens is 5. The van der Waals surface area contributed by atoms with Gasteiger partial charge < -0.3 is 4.57 Å². The summed E-state index contributed by atoms with van der Waals surface area (Å²) in [6.45, 7) is 2.29. The standard InChI is InChI=1S/C12H8BrClF3NO/c1-2-18-10-6(5-19)3-7(12(15,16)17)4-8(10)9(14)11(18)13/h3-5H,2H2,1H3. The lowest BCUT2D eigenvalue weighted by atomic mass is 10.1. The van der Waals surface area contributed by atoms with E-state index < -0.39 is 11.7 Å². The zero-order chi connectivity index (χ0) is 14.4. The van der Waals surface area contributed by atoms with Crippen molar-refractivity contribution >= 4 is 44.7 Å². The Kier molecular flexibility index (Phi) is 3.66. The van der Waals surface area contributed by atoms with Crippen molar-refractivity contribution in [2.75, 3.05) is 0 Å². The van der Waals surface area contributed by atoms with E-state index in [4.69, 9.17) is 11.6 Å². The second kappa shape index (κ2) is 4.83. The second-order valence-corrected chi connectivity index (χ2v) is 5.06. The fraction of sp³-hybridized carbons (Fsp3) is 0.250. The maximum absolute atomic E-state index is 12.8. The van der Waals surface area contributed by atoms with Crippen LogP contribution in [0.3, 0.4) is 0 Å². The van der Waals surface area contributed by atoms with Crippen molar-refractivity contribution in [2.24, 2.45) is 0 Å². The number of aromatic nitrogens is 1. The molecular weight excluding hydrogens is 346 g/mol. The lowest BCUT2D eigenvalue weighted by molar-refractivity contribution is -0.137. The van der Waals surface area contributed by atoms with E-state index in [1.807, 2.05) is 6.92 Å². The molecule has 0 radical (unpaired) electrons. The van der Waals surface area contributed by atoms with Crippen molar-refractivity contribution in [3.63, 3.8) is 0 Å². The van der Waals surface area contributed by atoms with Gasteiger partial charge in [0.15, 0.2) is 6.29 Å². The molecule has 0 atom stereocenters. The van der Waals surface area contributed by atoms with Crippen LogP contribution in [-0.2, 0) is 12.7 Å². The lowest BCUT2D eigenvalue weighted by Crippen LogP contribution is -2.06.